The Hall–Kier alpha value is -1.25. The molecular formula is C14H22N2O. The summed E-state index contributed by atoms with van der Waals surface area (Å²) >= 11 is 0. The third kappa shape index (κ3) is 2.90. The summed E-state index contributed by atoms with van der Waals surface area (Å²) in [6.07, 6.45) is 4.70. The summed E-state index contributed by atoms with van der Waals surface area (Å²) in [7, 11) is 4.04. The summed E-state index contributed by atoms with van der Waals surface area (Å²) in [5.74, 6) is 0.970. The van der Waals surface area contributed by atoms with E-state index in [1.807, 2.05) is 20.3 Å². The van der Waals surface area contributed by atoms with E-state index in [9.17, 15) is 0 Å². The van der Waals surface area contributed by atoms with E-state index < -0.39 is 0 Å². The molecule has 3 heteroatoms. The maximum atomic E-state index is 5.97. The molecule has 0 saturated heterocycles. The lowest BCUT2D eigenvalue weighted by atomic mass is 9.91. The van der Waals surface area contributed by atoms with Gasteiger partial charge in [0.15, 0.2) is 0 Å². The zero-order valence-corrected chi connectivity index (χ0v) is 11.4. The first-order valence-electron chi connectivity index (χ1n) is 6.22. The Bertz CT molecular complexity index is 403. The highest BCUT2D eigenvalue weighted by atomic mass is 16.5. The summed E-state index contributed by atoms with van der Waals surface area (Å²) in [5, 5.41) is 0. The Morgan fingerprint density at radius 1 is 1.29 bits per heavy atom. The highest BCUT2D eigenvalue weighted by Crippen LogP contribution is 2.35. The number of rotatable bonds is 3. The third-order valence-corrected chi connectivity index (χ3v) is 2.91. The van der Waals surface area contributed by atoms with Crippen molar-refractivity contribution in [2.75, 3.05) is 19.0 Å². The molecule has 1 saturated carbocycles. The van der Waals surface area contributed by atoms with Crippen molar-refractivity contribution in [2.45, 2.75) is 45.1 Å². The molecule has 2 rings (SSSR count). The van der Waals surface area contributed by atoms with Gasteiger partial charge < -0.3 is 9.64 Å². The molecule has 0 bridgehead atoms. The number of nitrogens with zero attached hydrogens (tertiary/aromatic N) is 2. The van der Waals surface area contributed by atoms with Gasteiger partial charge in [-0.25, -0.2) is 0 Å². The van der Waals surface area contributed by atoms with Gasteiger partial charge in [0, 0.05) is 31.3 Å². The fraction of sp³-hybridized carbons (Fsp3) is 0.643. The van der Waals surface area contributed by atoms with Crippen LogP contribution in [0.2, 0.25) is 0 Å². The van der Waals surface area contributed by atoms with Gasteiger partial charge in [0.2, 0.25) is 0 Å². The van der Waals surface area contributed by atoms with Crippen LogP contribution in [0.4, 0.5) is 5.69 Å². The Labute approximate surface area is 104 Å². The minimum Gasteiger partial charge on any atom is -0.488 e. The lowest BCUT2D eigenvalue weighted by molar-refractivity contribution is 0.302. The van der Waals surface area contributed by atoms with Crippen LogP contribution >= 0.6 is 0 Å². The predicted octanol–water partition coefficient (Wildman–Crippen LogP) is 2.99. The zero-order valence-electron chi connectivity index (χ0n) is 11.4. The zero-order chi connectivity index (χ0) is 12.6. The lowest BCUT2D eigenvalue weighted by Gasteiger charge is -2.22. The molecule has 1 aromatic heterocycles. The van der Waals surface area contributed by atoms with E-state index >= 15 is 0 Å². The van der Waals surface area contributed by atoms with Crippen LogP contribution in [0.1, 0.15) is 39.3 Å². The van der Waals surface area contributed by atoms with E-state index in [-0.39, 0.29) is 5.41 Å². The van der Waals surface area contributed by atoms with Gasteiger partial charge >= 0.3 is 0 Å². The van der Waals surface area contributed by atoms with E-state index in [0.717, 1.165) is 17.1 Å². The van der Waals surface area contributed by atoms with Crippen molar-refractivity contribution in [1.29, 1.82) is 0 Å². The van der Waals surface area contributed by atoms with Crippen LogP contribution in [-0.2, 0) is 5.41 Å². The molecule has 1 aliphatic carbocycles. The van der Waals surface area contributed by atoms with Crippen LogP contribution in [0.5, 0.6) is 5.75 Å². The minimum absolute atomic E-state index is 0.0620. The fourth-order valence-corrected chi connectivity index (χ4v) is 1.64. The number of hydrogen-bond acceptors (Lipinski definition) is 3. The van der Waals surface area contributed by atoms with E-state index in [2.05, 4.69) is 36.7 Å². The average Bonchev–Trinajstić information content (AvgIpc) is 2.99. The Balaban J connectivity index is 2.34. The minimum atomic E-state index is 0.0620. The molecule has 0 atom stereocenters. The molecule has 0 aliphatic heterocycles. The smallest absolute Gasteiger partial charge is 0.146 e. The molecule has 0 amide bonds. The van der Waals surface area contributed by atoms with Crippen LogP contribution in [-0.4, -0.2) is 25.2 Å². The molecule has 3 nitrogen and oxygen atoms in total. The summed E-state index contributed by atoms with van der Waals surface area (Å²) in [6.45, 7) is 6.52. The molecule has 0 radical (unpaired) electrons. The molecule has 1 aliphatic rings. The van der Waals surface area contributed by atoms with Gasteiger partial charge in [-0.15, -0.1) is 0 Å². The van der Waals surface area contributed by atoms with Crippen molar-refractivity contribution < 1.29 is 4.74 Å². The molecule has 1 fully saturated rings. The van der Waals surface area contributed by atoms with Crippen molar-refractivity contribution in [3.05, 3.63) is 18.0 Å². The Kier molecular flexibility index (Phi) is 3.02. The van der Waals surface area contributed by atoms with E-state index in [4.69, 9.17) is 4.74 Å². The summed E-state index contributed by atoms with van der Waals surface area (Å²) in [5.41, 5.74) is 2.20. The second kappa shape index (κ2) is 4.21. The van der Waals surface area contributed by atoms with Crippen molar-refractivity contribution in [3.63, 3.8) is 0 Å². The molecule has 0 aromatic carbocycles. The summed E-state index contributed by atoms with van der Waals surface area (Å²) < 4.78 is 5.97. The van der Waals surface area contributed by atoms with Crippen molar-refractivity contribution in [1.82, 2.24) is 4.98 Å². The van der Waals surface area contributed by atoms with Gasteiger partial charge in [0.25, 0.3) is 0 Å². The highest BCUT2D eigenvalue weighted by molar-refractivity contribution is 5.57. The molecule has 17 heavy (non-hydrogen) atoms. The van der Waals surface area contributed by atoms with Crippen LogP contribution < -0.4 is 9.64 Å². The van der Waals surface area contributed by atoms with Gasteiger partial charge in [-0.05, 0) is 12.8 Å². The summed E-state index contributed by atoms with van der Waals surface area (Å²) in [4.78, 5) is 6.59. The second-order valence-electron chi connectivity index (χ2n) is 6.00. The predicted molar refractivity (Wildman–Crippen MR) is 70.9 cm³/mol. The van der Waals surface area contributed by atoms with Crippen LogP contribution in [0.15, 0.2) is 12.3 Å². The topological polar surface area (TPSA) is 25.4 Å². The van der Waals surface area contributed by atoms with E-state index in [1.165, 1.54) is 12.8 Å². The molecule has 0 unspecified atom stereocenters. The van der Waals surface area contributed by atoms with Crippen LogP contribution in [0.3, 0.4) is 0 Å². The standard InChI is InChI=1S/C14H22N2O/c1-14(2,3)13-8-12(17-10-6-7-10)11(9-15-13)16(4)5/h8-10H,6-7H2,1-5H3. The first-order valence-corrected chi connectivity index (χ1v) is 6.22. The summed E-state index contributed by atoms with van der Waals surface area (Å²) in [6, 6.07) is 2.09. The Morgan fingerprint density at radius 3 is 2.41 bits per heavy atom. The van der Waals surface area contributed by atoms with E-state index in [0.29, 0.717) is 6.10 Å². The lowest BCUT2D eigenvalue weighted by Crippen LogP contribution is -2.17. The fourth-order valence-electron chi connectivity index (χ4n) is 1.64. The van der Waals surface area contributed by atoms with E-state index in [1.54, 1.807) is 0 Å². The second-order valence-corrected chi connectivity index (χ2v) is 6.00. The number of hydrogen-bond donors (Lipinski definition) is 0. The van der Waals surface area contributed by atoms with Crippen molar-refractivity contribution in [2.24, 2.45) is 0 Å². The average molecular weight is 234 g/mol. The highest BCUT2D eigenvalue weighted by Gasteiger charge is 2.26. The quantitative estimate of drug-likeness (QED) is 0.804. The molecule has 1 aromatic rings. The number of pyridine rings is 1. The normalized spacial score (nSPS) is 15.8. The van der Waals surface area contributed by atoms with Gasteiger partial charge in [-0.1, -0.05) is 20.8 Å². The van der Waals surface area contributed by atoms with Crippen LogP contribution in [0.25, 0.3) is 0 Å². The largest absolute Gasteiger partial charge is 0.488 e. The van der Waals surface area contributed by atoms with Gasteiger partial charge in [0.05, 0.1) is 18.0 Å². The van der Waals surface area contributed by atoms with Crippen molar-refractivity contribution >= 4 is 5.69 Å². The first-order chi connectivity index (χ1) is 7.88. The first kappa shape index (κ1) is 12.2. The number of ether oxygens (including phenoxy) is 1. The SMILES string of the molecule is CN(C)c1cnc(C(C)(C)C)cc1OC1CC1. The third-order valence-electron chi connectivity index (χ3n) is 2.91. The van der Waals surface area contributed by atoms with Gasteiger partial charge in [-0.3, -0.25) is 4.98 Å². The molecule has 0 N–H and O–H groups in total. The molecule has 94 valence electrons. The monoisotopic (exact) mass is 234 g/mol. The van der Waals surface area contributed by atoms with Crippen molar-refractivity contribution in [3.8, 4) is 5.75 Å². The maximum Gasteiger partial charge on any atom is 0.146 e. The molecular weight excluding hydrogens is 212 g/mol. The molecule has 1 heterocycles. The number of anilines is 1. The van der Waals surface area contributed by atoms with Gasteiger partial charge in [-0.2, -0.15) is 0 Å². The van der Waals surface area contributed by atoms with Gasteiger partial charge in [0.1, 0.15) is 5.75 Å². The molecule has 0 spiro atoms. The maximum absolute atomic E-state index is 5.97. The van der Waals surface area contributed by atoms with Crippen LogP contribution in [0, 0.1) is 0 Å². The Morgan fingerprint density at radius 2 is 1.94 bits per heavy atom. The number of aromatic nitrogens is 1.